The van der Waals surface area contributed by atoms with Crippen molar-refractivity contribution in [2.24, 2.45) is 0 Å². The first-order valence-electron chi connectivity index (χ1n) is 18.3. The van der Waals surface area contributed by atoms with Gasteiger partial charge in [-0.3, -0.25) is 9.88 Å². The van der Waals surface area contributed by atoms with Crippen molar-refractivity contribution in [3.63, 3.8) is 0 Å². The third-order valence-electron chi connectivity index (χ3n) is 11.8. The Hall–Kier alpha value is -3.80. The molecule has 12 heteroatoms. The fourth-order valence-electron chi connectivity index (χ4n) is 9.30. The highest BCUT2D eigenvalue weighted by molar-refractivity contribution is 6.36. The third kappa shape index (κ3) is 5.71. The second-order valence-electron chi connectivity index (χ2n) is 14.8. The summed E-state index contributed by atoms with van der Waals surface area (Å²) in [6, 6.07) is 12.4. The molecule has 4 aromatic rings. The van der Waals surface area contributed by atoms with Crippen molar-refractivity contribution in [2.75, 3.05) is 50.8 Å². The third-order valence-corrected chi connectivity index (χ3v) is 12.1. The number of rotatable bonds is 7. The molecule has 50 heavy (non-hydrogen) atoms. The summed E-state index contributed by atoms with van der Waals surface area (Å²) in [4.78, 5) is 33.7. The molecule has 5 saturated heterocycles. The van der Waals surface area contributed by atoms with Crippen molar-refractivity contribution >= 4 is 45.2 Å². The number of piperazine rings is 1. The van der Waals surface area contributed by atoms with Gasteiger partial charge in [-0.1, -0.05) is 41.9 Å². The minimum absolute atomic E-state index is 0.151. The number of benzene rings is 2. The monoisotopic (exact) mass is 699 g/mol. The molecule has 5 aliphatic heterocycles. The van der Waals surface area contributed by atoms with Crippen LogP contribution in [-0.4, -0.2) is 100 Å². The fraction of sp³-hybridized carbons (Fsp3) is 0.526. The molecule has 7 heterocycles. The summed E-state index contributed by atoms with van der Waals surface area (Å²) in [6.07, 6.45) is 10.9. The normalized spacial score (nSPS) is 26.6. The van der Waals surface area contributed by atoms with Crippen LogP contribution in [-0.2, 0) is 4.74 Å². The van der Waals surface area contributed by atoms with Crippen LogP contribution in [0.25, 0.3) is 32.9 Å². The zero-order valence-corrected chi connectivity index (χ0v) is 29.0. The highest BCUT2D eigenvalue weighted by Crippen LogP contribution is 2.43. The van der Waals surface area contributed by atoms with E-state index in [1.165, 1.54) is 6.42 Å². The summed E-state index contributed by atoms with van der Waals surface area (Å²) in [7, 11) is 0. The van der Waals surface area contributed by atoms with E-state index in [1.54, 1.807) is 6.20 Å². The van der Waals surface area contributed by atoms with Gasteiger partial charge in [-0.2, -0.15) is 9.97 Å². The molecule has 2 aromatic carbocycles. The molecule has 0 aliphatic carbocycles. The number of piperidine rings is 1. The summed E-state index contributed by atoms with van der Waals surface area (Å²) in [5, 5.41) is 6.47. The second-order valence-corrected chi connectivity index (χ2v) is 15.2. The highest BCUT2D eigenvalue weighted by Gasteiger charge is 2.50. The molecule has 2 bridgehead atoms. The average molecular weight is 700 g/mol. The molecule has 1 N–H and O–H groups in total. The number of hydrogen-bond acceptors (Lipinski definition) is 9. The van der Waals surface area contributed by atoms with Gasteiger partial charge in [0.05, 0.1) is 10.9 Å². The molecular formula is C38H43ClFN7O3. The summed E-state index contributed by atoms with van der Waals surface area (Å²) in [6.45, 7) is 4.82. The number of hydrogen-bond donors (Lipinski definition) is 1. The number of amides is 1. The number of aromatic nitrogens is 3. The number of likely N-dealkylation sites (tertiary alicyclic amines) is 1. The zero-order chi connectivity index (χ0) is 33.8. The first-order chi connectivity index (χ1) is 24.5. The lowest BCUT2D eigenvalue weighted by Crippen LogP contribution is -2.51. The number of carbonyl (C=O) groups excluding carboxylic acids is 1. The molecule has 0 saturated carbocycles. The Morgan fingerprint density at radius 1 is 0.980 bits per heavy atom. The van der Waals surface area contributed by atoms with Crippen LogP contribution in [0.1, 0.15) is 57.8 Å². The van der Waals surface area contributed by atoms with Crippen molar-refractivity contribution in [2.45, 2.75) is 81.5 Å². The standard InChI is InChI=1S/C38H43ClFN7O3/c39-30-10-5-8-24-7-4-9-28(31(24)30)33-32(40)34-29(19-41-33)35(46-20-25-11-12-26(21-46)42-25)44-36(43-34)50-23-38-14-6-18-47(38)27(13-15-38)22-49-37(48)45-16-2-1-3-17-45/h4-5,7-10,19,25-27,42H,1-3,6,11-18,20-23H2/t25?,26?,27-,38-/m1/s1. The van der Waals surface area contributed by atoms with Gasteiger partial charge in [0.2, 0.25) is 0 Å². The van der Waals surface area contributed by atoms with Crippen molar-refractivity contribution in [3.05, 3.63) is 53.4 Å². The molecule has 262 valence electrons. The lowest BCUT2D eigenvalue weighted by Gasteiger charge is -2.35. The van der Waals surface area contributed by atoms with Gasteiger partial charge >= 0.3 is 12.1 Å². The Kier molecular flexibility index (Phi) is 8.40. The van der Waals surface area contributed by atoms with Gasteiger partial charge in [0.1, 0.15) is 30.2 Å². The van der Waals surface area contributed by atoms with E-state index in [0.717, 1.165) is 94.9 Å². The first kappa shape index (κ1) is 32.1. The Morgan fingerprint density at radius 3 is 2.60 bits per heavy atom. The van der Waals surface area contributed by atoms with Crippen LogP contribution >= 0.6 is 11.6 Å². The van der Waals surface area contributed by atoms with Crippen LogP contribution in [0.15, 0.2) is 42.6 Å². The topological polar surface area (TPSA) is 96.0 Å². The SMILES string of the molecule is O=C(OC[C@H]1CC[C@@]2(COc3nc(N4CC5CCC(C4)N5)c4cnc(-c5cccc6cccc(Cl)c56)c(F)c4n3)CCCN12)N1CCCCC1. The van der Waals surface area contributed by atoms with E-state index in [-0.39, 0.29) is 34.9 Å². The Morgan fingerprint density at radius 2 is 1.78 bits per heavy atom. The van der Waals surface area contributed by atoms with Crippen molar-refractivity contribution in [3.8, 4) is 17.3 Å². The number of anilines is 1. The Bertz CT molecular complexity index is 1920. The summed E-state index contributed by atoms with van der Waals surface area (Å²) in [5.41, 5.74) is 0.815. The van der Waals surface area contributed by atoms with Gasteiger partial charge in [0.15, 0.2) is 5.82 Å². The number of halogens is 2. The number of pyridine rings is 1. The minimum atomic E-state index is -0.515. The van der Waals surface area contributed by atoms with E-state index in [0.29, 0.717) is 47.1 Å². The van der Waals surface area contributed by atoms with Crippen LogP contribution in [0.3, 0.4) is 0 Å². The van der Waals surface area contributed by atoms with E-state index >= 15 is 4.39 Å². The van der Waals surface area contributed by atoms with Gasteiger partial charge in [-0.15, -0.1) is 0 Å². The average Bonchev–Trinajstić information content (AvgIpc) is 3.82. The number of nitrogens with zero attached hydrogens (tertiary/aromatic N) is 6. The maximum atomic E-state index is 16.9. The molecule has 10 nitrogen and oxygen atoms in total. The van der Waals surface area contributed by atoms with Crippen molar-refractivity contribution in [1.82, 2.24) is 30.1 Å². The van der Waals surface area contributed by atoms with Crippen molar-refractivity contribution in [1.29, 1.82) is 0 Å². The van der Waals surface area contributed by atoms with Crippen LogP contribution in [0.5, 0.6) is 6.01 Å². The van der Waals surface area contributed by atoms with Crippen LogP contribution < -0.4 is 15.0 Å². The molecule has 0 radical (unpaired) electrons. The van der Waals surface area contributed by atoms with Gasteiger partial charge in [-0.05, 0) is 75.8 Å². The Balaban J connectivity index is 1.02. The van der Waals surface area contributed by atoms with Gasteiger partial charge in [0.25, 0.3) is 0 Å². The first-order valence-corrected chi connectivity index (χ1v) is 18.7. The second kappa shape index (κ2) is 13.1. The lowest BCUT2D eigenvalue weighted by molar-refractivity contribution is 0.0420. The quantitative estimate of drug-likeness (QED) is 0.230. The molecular weight excluding hydrogens is 657 g/mol. The van der Waals surface area contributed by atoms with E-state index < -0.39 is 5.82 Å². The fourth-order valence-corrected chi connectivity index (χ4v) is 9.58. The van der Waals surface area contributed by atoms with E-state index in [1.807, 2.05) is 41.3 Å². The Labute approximate surface area is 296 Å². The van der Waals surface area contributed by atoms with Crippen LogP contribution in [0.2, 0.25) is 5.02 Å². The zero-order valence-electron chi connectivity index (χ0n) is 28.3. The predicted molar refractivity (Wildman–Crippen MR) is 191 cm³/mol. The number of carbonyl (C=O) groups is 1. The van der Waals surface area contributed by atoms with E-state index in [9.17, 15) is 4.79 Å². The number of nitrogens with one attached hydrogen (secondary N) is 1. The van der Waals surface area contributed by atoms with E-state index in [4.69, 9.17) is 31.0 Å². The van der Waals surface area contributed by atoms with Gasteiger partial charge in [0, 0.05) is 66.5 Å². The molecule has 5 fully saturated rings. The number of fused-ring (bicyclic) bond motifs is 5. The molecule has 0 spiro atoms. The molecule has 9 rings (SSSR count). The van der Waals surface area contributed by atoms with Crippen LogP contribution in [0.4, 0.5) is 15.0 Å². The van der Waals surface area contributed by atoms with Crippen molar-refractivity contribution < 1.29 is 18.7 Å². The van der Waals surface area contributed by atoms with E-state index in [2.05, 4.69) is 20.1 Å². The highest BCUT2D eigenvalue weighted by atomic mass is 35.5. The molecule has 2 unspecified atom stereocenters. The molecule has 1 amide bonds. The summed E-state index contributed by atoms with van der Waals surface area (Å²) in [5.74, 6) is 0.144. The van der Waals surface area contributed by atoms with Gasteiger partial charge < -0.3 is 24.6 Å². The number of ether oxygens (including phenoxy) is 2. The maximum Gasteiger partial charge on any atom is 0.409 e. The smallest absolute Gasteiger partial charge is 0.409 e. The van der Waals surface area contributed by atoms with Crippen LogP contribution in [0, 0.1) is 5.82 Å². The molecule has 4 atom stereocenters. The minimum Gasteiger partial charge on any atom is -0.461 e. The molecule has 2 aromatic heterocycles. The van der Waals surface area contributed by atoms with Gasteiger partial charge in [-0.25, -0.2) is 9.18 Å². The maximum absolute atomic E-state index is 16.9. The summed E-state index contributed by atoms with van der Waals surface area (Å²) < 4.78 is 29.2. The lowest BCUT2D eigenvalue weighted by atomic mass is 9.95. The largest absolute Gasteiger partial charge is 0.461 e. The predicted octanol–water partition coefficient (Wildman–Crippen LogP) is 6.58. The molecule has 5 aliphatic rings. The summed E-state index contributed by atoms with van der Waals surface area (Å²) >= 11 is 6.66.